The van der Waals surface area contributed by atoms with Gasteiger partial charge in [-0.25, -0.2) is 0 Å². The zero-order valence-electron chi connectivity index (χ0n) is 11.5. The molecule has 0 radical (unpaired) electrons. The summed E-state index contributed by atoms with van der Waals surface area (Å²) in [6.07, 6.45) is 3.27. The lowest BCUT2D eigenvalue weighted by molar-refractivity contribution is -0.120. The van der Waals surface area contributed by atoms with Crippen LogP contribution < -0.4 is 5.32 Å². The van der Waals surface area contributed by atoms with E-state index >= 15 is 0 Å². The van der Waals surface area contributed by atoms with Crippen molar-refractivity contribution in [2.75, 3.05) is 6.54 Å². The number of nitrogens with one attached hydrogen (secondary N) is 1. The summed E-state index contributed by atoms with van der Waals surface area (Å²) in [5.74, 6) is 0.0639. The third-order valence-corrected chi connectivity index (χ3v) is 3.76. The number of aryl methyl sites for hydroxylation is 2. The molecule has 0 atom stereocenters. The number of rotatable bonds is 6. The van der Waals surface area contributed by atoms with Crippen molar-refractivity contribution in [2.45, 2.75) is 26.3 Å². The van der Waals surface area contributed by atoms with Crippen LogP contribution in [0.5, 0.6) is 0 Å². The minimum absolute atomic E-state index is 0.0639. The average Bonchev–Trinajstić information content (AvgIpc) is 2.75. The molecule has 2 rings (SSSR count). The Morgan fingerprint density at radius 2 is 2.10 bits per heavy atom. The van der Waals surface area contributed by atoms with Gasteiger partial charge in [0, 0.05) is 19.3 Å². The molecule has 0 unspecified atom stereocenters. The Balaban J connectivity index is 1.67. The van der Waals surface area contributed by atoms with Crippen molar-refractivity contribution in [2.24, 2.45) is 0 Å². The van der Waals surface area contributed by atoms with Crippen LogP contribution in [0.1, 0.15) is 17.7 Å². The van der Waals surface area contributed by atoms with E-state index < -0.39 is 0 Å². The number of carbonyl (C=O) groups excluding carboxylic acids is 1. The van der Waals surface area contributed by atoms with Crippen LogP contribution >= 0.6 is 15.9 Å². The second-order valence-electron chi connectivity index (χ2n) is 4.69. The molecule has 0 spiro atoms. The highest BCUT2D eigenvalue weighted by atomic mass is 79.9. The molecule has 1 N–H and O–H groups in total. The zero-order chi connectivity index (χ0) is 14.4. The van der Waals surface area contributed by atoms with Gasteiger partial charge in [0.1, 0.15) is 0 Å². The van der Waals surface area contributed by atoms with Gasteiger partial charge in [0.2, 0.25) is 5.91 Å². The summed E-state index contributed by atoms with van der Waals surface area (Å²) < 4.78 is 2.91. The molecule has 4 nitrogen and oxygen atoms in total. The van der Waals surface area contributed by atoms with Crippen LogP contribution in [0.4, 0.5) is 0 Å². The Morgan fingerprint density at radius 1 is 1.35 bits per heavy atom. The Kier molecular flexibility index (Phi) is 5.35. The molecule has 0 fully saturated rings. The van der Waals surface area contributed by atoms with Crippen molar-refractivity contribution >= 4 is 21.8 Å². The third-order valence-electron chi connectivity index (χ3n) is 2.98. The number of carbonyl (C=O) groups is 1. The first kappa shape index (κ1) is 14.8. The molecule has 0 saturated carbocycles. The molecule has 106 valence electrons. The summed E-state index contributed by atoms with van der Waals surface area (Å²) in [5.41, 5.74) is 2.02. The SMILES string of the molecule is Cc1nn(CCCNC(=O)Cc2ccccc2)cc1Br. The molecule has 0 saturated heterocycles. The number of amides is 1. The van der Waals surface area contributed by atoms with Crippen molar-refractivity contribution in [3.05, 3.63) is 52.3 Å². The normalized spacial score (nSPS) is 10.5. The summed E-state index contributed by atoms with van der Waals surface area (Å²) in [5, 5.41) is 7.28. The number of aromatic nitrogens is 2. The summed E-state index contributed by atoms with van der Waals surface area (Å²) in [4.78, 5) is 11.7. The van der Waals surface area contributed by atoms with Crippen LogP contribution in [0.3, 0.4) is 0 Å². The van der Waals surface area contributed by atoms with E-state index in [1.54, 1.807) is 0 Å². The maximum atomic E-state index is 11.7. The van der Waals surface area contributed by atoms with Crippen molar-refractivity contribution < 1.29 is 4.79 Å². The van der Waals surface area contributed by atoms with Crippen molar-refractivity contribution in [3.63, 3.8) is 0 Å². The lowest BCUT2D eigenvalue weighted by Crippen LogP contribution is -2.26. The van der Waals surface area contributed by atoms with E-state index in [2.05, 4.69) is 26.3 Å². The molecular weight excluding hydrogens is 318 g/mol. The molecule has 0 aliphatic rings. The van der Waals surface area contributed by atoms with Crippen molar-refractivity contribution in [3.8, 4) is 0 Å². The lowest BCUT2D eigenvalue weighted by Gasteiger charge is -2.05. The predicted octanol–water partition coefficient (Wildman–Crippen LogP) is 2.70. The number of benzene rings is 1. The molecule has 2 aromatic rings. The fourth-order valence-electron chi connectivity index (χ4n) is 1.92. The Bertz CT molecular complexity index is 546. The summed E-state index contributed by atoms with van der Waals surface area (Å²) in [6.45, 7) is 3.43. The smallest absolute Gasteiger partial charge is 0.224 e. The van der Waals surface area contributed by atoms with Crippen LogP contribution in [-0.4, -0.2) is 22.2 Å². The molecule has 0 aliphatic heterocycles. The Labute approximate surface area is 127 Å². The van der Waals surface area contributed by atoms with Crippen LogP contribution in [0.2, 0.25) is 0 Å². The standard InChI is InChI=1S/C15H18BrN3O/c1-12-14(16)11-19(18-12)9-5-8-17-15(20)10-13-6-3-2-4-7-13/h2-4,6-7,11H,5,8-10H2,1H3,(H,17,20). The highest BCUT2D eigenvalue weighted by Gasteiger charge is 2.03. The fraction of sp³-hybridized carbons (Fsp3) is 0.333. The highest BCUT2D eigenvalue weighted by molar-refractivity contribution is 9.10. The third kappa shape index (κ3) is 4.49. The van der Waals surface area contributed by atoms with E-state index in [0.717, 1.165) is 28.7 Å². The molecule has 0 bridgehead atoms. The topological polar surface area (TPSA) is 46.9 Å². The fourth-order valence-corrected chi connectivity index (χ4v) is 2.24. The summed E-state index contributed by atoms with van der Waals surface area (Å²) >= 11 is 3.43. The van der Waals surface area contributed by atoms with Crippen LogP contribution in [0.15, 0.2) is 41.0 Å². The number of halogens is 1. The molecular formula is C15H18BrN3O. The Hall–Kier alpha value is -1.62. The highest BCUT2D eigenvalue weighted by Crippen LogP contribution is 2.13. The second-order valence-corrected chi connectivity index (χ2v) is 5.55. The molecule has 1 amide bonds. The number of nitrogens with zero attached hydrogens (tertiary/aromatic N) is 2. The first-order chi connectivity index (χ1) is 9.65. The van der Waals surface area contributed by atoms with Gasteiger partial charge in [-0.2, -0.15) is 5.10 Å². The molecule has 20 heavy (non-hydrogen) atoms. The minimum Gasteiger partial charge on any atom is -0.356 e. The van der Waals surface area contributed by atoms with Gasteiger partial charge in [-0.05, 0) is 34.8 Å². The van der Waals surface area contributed by atoms with E-state index in [4.69, 9.17) is 0 Å². The van der Waals surface area contributed by atoms with Crippen LogP contribution in [0.25, 0.3) is 0 Å². The summed E-state index contributed by atoms with van der Waals surface area (Å²) in [7, 11) is 0. The van der Waals surface area contributed by atoms with E-state index in [1.165, 1.54) is 0 Å². The second kappa shape index (κ2) is 7.24. The molecule has 1 aromatic heterocycles. The van der Waals surface area contributed by atoms with Gasteiger partial charge >= 0.3 is 0 Å². The number of hydrogen-bond acceptors (Lipinski definition) is 2. The van der Waals surface area contributed by atoms with Crippen molar-refractivity contribution in [1.82, 2.24) is 15.1 Å². The van der Waals surface area contributed by atoms with Crippen LogP contribution in [-0.2, 0) is 17.8 Å². The average molecular weight is 336 g/mol. The van der Waals surface area contributed by atoms with E-state index in [-0.39, 0.29) is 5.91 Å². The maximum absolute atomic E-state index is 11.7. The predicted molar refractivity (Wildman–Crippen MR) is 82.4 cm³/mol. The van der Waals surface area contributed by atoms with Gasteiger partial charge in [0.25, 0.3) is 0 Å². The quantitative estimate of drug-likeness (QED) is 0.825. The van der Waals surface area contributed by atoms with Gasteiger partial charge in [-0.1, -0.05) is 30.3 Å². The van der Waals surface area contributed by atoms with E-state index in [0.29, 0.717) is 13.0 Å². The monoisotopic (exact) mass is 335 g/mol. The van der Waals surface area contributed by atoms with Gasteiger partial charge in [0.15, 0.2) is 0 Å². The van der Waals surface area contributed by atoms with Gasteiger partial charge < -0.3 is 5.32 Å². The molecule has 1 heterocycles. The lowest BCUT2D eigenvalue weighted by atomic mass is 10.1. The first-order valence-corrected chi connectivity index (χ1v) is 7.44. The minimum atomic E-state index is 0.0639. The van der Waals surface area contributed by atoms with Gasteiger partial charge in [-0.15, -0.1) is 0 Å². The first-order valence-electron chi connectivity index (χ1n) is 6.65. The Morgan fingerprint density at radius 3 is 2.75 bits per heavy atom. The maximum Gasteiger partial charge on any atom is 0.224 e. The zero-order valence-corrected chi connectivity index (χ0v) is 13.1. The van der Waals surface area contributed by atoms with E-state index in [1.807, 2.05) is 48.1 Å². The van der Waals surface area contributed by atoms with Gasteiger partial charge in [-0.3, -0.25) is 9.48 Å². The molecule has 5 heteroatoms. The summed E-state index contributed by atoms with van der Waals surface area (Å²) in [6, 6.07) is 9.76. The number of hydrogen-bond donors (Lipinski definition) is 1. The molecule has 1 aromatic carbocycles. The van der Waals surface area contributed by atoms with Crippen LogP contribution in [0, 0.1) is 6.92 Å². The molecule has 0 aliphatic carbocycles. The van der Waals surface area contributed by atoms with Crippen molar-refractivity contribution in [1.29, 1.82) is 0 Å². The van der Waals surface area contributed by atoms with Gasteiger partial charge in [0.05, 0.1) is 16.6 Å². The van der Waals surface area contributed by atoms with E-state index in [9.17, 15) is 4.79 Å². The largest absolute Gasteiger partial charge is 0.356 e.